The summed E-state index contributed by atoms with van der Waals surface area (Å²) in [5, 5.41) is 0. The van der Waals surface area contributed by atoms with E-state index in [0.717, 1.165) is 49.2 Å². The molecule has 2 aromatic heterocycles. The van der Waals surface area contributed by atoms with Crippen molar-refractivity contribution in [2.75, 3.05) is 31.2 Å². The lowest BCUT2D eigenvalue weighted by Crippen LogP contribution is -2.37. The van der Waals surface area contributed by atoms with Crippen molar-refractivity contribution in [2.24, 2.45) is 0 Å². The van der Waals surface area contributed by atoms with Crippen molar-refractivity contribution in [3.63, 3.8) is 0 Å². The quantitative estimate of drug-likeness (QED) is 0.818. The second-order valence-corrected chi connectivity index (χ2v) is 4.54. The van der Waals surface area contributed by atoms with Crippen LogP contribution in [0.5, 0.6) is 0 Å². The van der Waals surface area contributed by atoms with Gasteiger partial charge in [0, 0.05) is 36.7 Å². The molecule has 1 saturated heterocycles. The summed E-state index contributed by atoms with van der Waals surface area (Å²) in [6.07, 6.45) is 3.67. The molecule has 2 aromatic rings. The number of rotatable bonds is 2. The molecule has 0 saturated carbocycles. The molecular formula is C14H16N4O. The number of aromatic nitrogens is 3. The van der Waals surface area contributed by atoms with Crippen LogP contribution in [0.1, 0.15) is 5.69 Å². The van der Waals surface area contributed by atoms with Gasteiger partial charge in [-0.25, -0.2) is 9.97 Å². The van der Waals surface area contributed by atoms with Gasteiger partial charge in [-0.15, -0.1) is 0 Å². The zero-order valence-electron chi connectivity index (χ0n) is 10.9. The molecule has 0 amide bonds. The minimum atomic E-state index is 0.741. The van der Waals surface area contributed by atoms with E-state index in [1.807, 2.05) is 37.5 Å². The largest absolute Gasteiger partial charge is 0.378 e. The maximum atomic E-state index is 5.32. The first-order valence-electron chi connectivity index (χ1n) is 6.42. The van der Waals surface area contributed by atoms with E-state index in [1.165, 1.54) is 0 Å². The van der Waals surface area contributed by atoms with Gasteiger partial charge in [0.1, 0.15) is 0 Å². The summed E-state index contributed by atoms with van der Waals surface area (Å²) in [6.45, 7) is 5.16. The minimum Gasteiger partial charge on any atom is -0.378 e. The smallest absolute Gasteiger partial charge is 0.225 e. The van der Waals surface area contributed by atoms with E-state index in [-0.39, 0.29) is 0 Å². The Balaban J connectivity index is 1.82. The van der Waals surface area contributed by atoms with Crippen LogP contribution >= 0.6 is 0 Å². The number of pyridine rings is 1. The third-order valence-corrected chi connectivity index (χ3v) is 3.12. The molecule has 5 nitrogen and oxygen atoms in total. The predicted molar refractivity (Wildman–Crippen MR) is 73.0 cm³/mol. The van der Waals surface area contributed by atoms with Crippen molar-refractivity contribution >= 4 is 5.95 Å². The molecule has 1 fully saturated rings. The SMILES string of the molecule is Cc1cccc(-c2cnc(N3CCOCC3)nc2)n1. The molecule has 3 rings (SSSR count). The van der Waals surface area contributed by atoms with Crippen molar-refractivity contribution in [2.45, 2.75) is 6.92 Å². The highest BCUT2D eigenvalue weighted by Crippen LogP contribution is 2.17. The van der Waals surface area contributed by atoms with Gasteiger partial charge < -0.3 is 9.64 Å². The van der Waals surface area contributed by atoms with Gasteiger partial charge in [-0.3, -0.25) is 4.98 Å². The van der Waals surface area contributed by atoms with Gasteiger partial charge in [-0.1, -0.05) is 6.07 Å². The molecule has 19 heavy (non-hydrogen) atoms. The van der Waals surface area contributed by atoms with Crippen LogP contribution in [0.4, 0.5) is 5.95 Å². The summed E-state index contributed by atoms with van der Waals surface area (Å²) >= 11 is 0. The van der Waals surface area contributed by atoms with E-state index < -0.39 is 0 Å². The maximum absolute atomic E-state index is 5.32. The van der Waals surface area contributed by atoms with Crippen molar-refractivity contribution in [1.29, 1.82) is 0 Å². The highest BCUT2D eigenvalue weighted by atomic mass is 16.5. The Kier molecular flexibility index (Phi) is 3.37. The van der Waals surface area contributed by atoms with Crippen molar-refractivity contribution in [3.8, 4) is 11.3 Å². The van der Waals surface area contributed by atoms with Crippen LogP contribution < -0.4 is 4.90 Å². The molecular weight excluding hydrogens is 240 g/mol. The number of hydrogen-bond donors (Lipinski definition) is 0. The Bertz CT molecular complexity index is 550. The molecule has 0 unspecified atom stereocenters. The number of hydrogen-bond acceptors (Lipinski definition) is 5. The Hall–Kier alpha value is -2.01. The number of anilines is 1. The van der Waals surface area contributed by atoms with Gasteiger partial charge in [-0.05, 0) is 19.1 Å². The summed E-state index contributed by atoms with van der Waals surface area (Å²) in [5.74, 6) is 0.764. The minimum absolute atomic E-state index is 0.741. The number of morpholine rings is 1. The first-order chi connectivity index (χ1) is 9.33. The van der Waals surface area contributed by atoms with E-state index in [2.05, 4.69) is 19.9 Å². The number of ether oxygens (including phenoxy) is 1. The third-order valence-electron chi connectivity index (χ3n) is 3.12. The Labute approximate surface area is 112 Å². The topological polar surface area (TPSA) is 51.1 Å². The van der Waals surface area contributed by atoms with Crippen molar-refractivity contribution in [1.82, 2.24) is 15.0 Å². The zero-order chi connectivity index (χ0) is 13.1. The van der Waals surface area contributed by atoms with Crippen LogP contribution in [0.2, 0.25) is 0 Å². The van der Waals surface area contributed by atoms with E-state index >= 15 is 0 Å². The van der Waals surface area contributed by atoms with Gasteiger partial charge in [0.2, 0.25) is 5.95 Å². The lowest BCUT2D eigenvalue weighted by Gasteiger charge is -2.26. The Morgan fingerprint density at radius 1 is 1.11 bits per heavy atom. The molecule has 0 N–H and O–H groups in total. The second-order valence-electron chi connectivity index (χ2n) is 4.54. The summed E-state index contributed by atoms with van der Waals surface area (Å²) in [5.41, 5.74) is 2.85. The fourth-order valence-corrected chi connectivity index (χ4v) is 2.08. The van der Waals surface area contributed by atoms with E-state index in [1.54, 1.807) is 0 Å². The van der Waals surface area contributed by atoms with E-state index in [9.17, 15) is 0 Å². The summed E-state index contributed by atoms with van der Waals surface area (Å²) in [7, 11) is 0. The maximum Gasteiger partial charge on any atom is 0.225 e. The predicted octanol–water partition coefficient (Wildman–Crippen LogP) is 1.68. The van der Waals surface area contributed by atoms with E-state index in [4.69, 9.17) is 4.74 Å². The average molecular weight is 256 g/mol. The first-order valence-corrected chi connectivity index (χ1v) is 6.42. The number of aryl methyl sites for hydroxylation is 1. The van der Waals surface area contributed by atoms with Gasteiger partial charge in [0.15, 0.2) is 0 Å². The lowest BCUT2D eigenvalue weighted by atomic mass is 10.2. The fraction of sp³-hybridized carbons (Fsp3) is 0.357. The molecule has 0 aliphatic carbocycles. The summed E-state index contributed by atoms with van der Waals surface area (Å²) in [4.78, 5) is 15.5. The monoisotopic (exact) mass is 256 g/mol. The molecule has 1 aliphatic heterocycles. The highest BCUT2D eigenvalue weighted by molar-refractivity contribution is 5.57. The van der Waals surface area contributed by atoms with Crippen LogP contribution in [0.25, 0.3) is 11.3 Å². The fourth-order valence-electron chi connectivity index (χ4n) is 2.08. The van der Waals surface area contributed by atoms with Gasteiger partial charge >= 0.3 is 0 Å². The zero-order valence-corrected chi connectivity index (χ0v) is 10.9. The van der Waals surface area contributed by atoms with E-state index in [0.29, 0.717) is 0 Å². The van der Waals surface area contributed by atoms with Gasteiger partial charge in [0.25, 0.3) is 0 Å². The molecule has 0 spiro atoms. The third kappa shape index (κ3) is 2.71. The number of nitrogens with zero attached hydrogens (tertiary/aromatic N) is 4. The van der Waals surface area contributed by atoms with Crippen molar-refractivity contribution < 1.29 is 4.74 Å². The molecule has 0 atom stereocenters. The lowest BCUT2D eigenvalue weighted by molar-refractivity contribution is 0.122. The molecule has 0 bridgehead atoms. The van der Waals surface area contributed by atoms with Crippen LogP contribution in [0.3, 0.4) is 0 Å². The van der Waals surface area contributed by atoms with Crippen molar-refractivity contribution in [3.05, 3.63) is 36.3 Å². The van der Waals surface area contributed by atoms with Crippen LogP contribution in [-0.2, 0) is 4.74 Å². The highest BCUT2D eigenvalue weighted by Gasteiger charge is 2.13. The normalized spacial score (nSPS) is 15.5. The Morgan fingerprint density at radius 2 is 1.84 bits per heavy atom. The standard InChI is InChI=1S/C14H16N4O/c1-11-3-2-4-13(17-11)12-9-15-14(16-10-12)18-5-7-19-8-6-18/h2-4,9-10H,5-8H2,1H3. The van der Waals surface area contributed by atoms with Gasteiger partial charge in [0.05, 0.1) is 18.9 Å². The molecule has 3 heterocycles. The second kappa shape index (κ2) is 5.32. The van der Waals surface area contributed by atoms with Crippen LogP contribution in [0, 0.1) is 6.92 Å². The molecule has 0 aromatic carbocycles. The first kappa shape index (κ1) is 12.0. The molecule has 1 aliphatic rings. The molecule has 98 valence electrons. The van der Waals surface area contributed by atoms with Crippen LogP contribution in [0.15, 0.2) is 30.6 Å². The summed E-state index contributed by atoms with van der Waals surface area (Å²) < 4.78 is 5.32. The van der Waals surface area contributed by atoms with Gasteiger partial charge in [-0.2, -0.15) is 0 Å². The molecule has 5 heteroatoms. The average Bonchev–Trinajstić information content (AvgIpc) is 2.48. The summed E-state index contributed by atoms with van der Waals surface area (Å²) in [6, 6.07) is 5.94. The van der Waals surface area contributed by atoms with Crippen LogP contribution in [-0.4, -0.2) is 41.3 Å². The molecule has 0 radical (unpaired) electrons. The Morgan fingerprint density at radius 3 is 2.53 bits per heavy atom.